The van der Waals surface area contributed by atoms with Gasteiger partial charge in [-0.2, -0.15) is 0 Å². The van der Waals surface area contributed by atoms with E-state index in [0.717, 1.165) is 11.3 Å². The Kier molecular flexibility index (Phi) is 5.68. The van der Waals surface area contributed by atoms with Crippen molar-refractivity contribution in [2.75, 3.05) is 26.1 Å². The van der Waals surface area contributed by atoms with Crippen LogP contribution in [-0.4, -0.2) is 37.5 Å². The van der Waals surface area contributed by atoms with E-state index >= 15 is 0 Å². The highest BCUT2D eigenvalue weighted by Gasteiger charge is 2.39. The predicted octanol–water partition coefficient (Wildman–Crippen LogP) is 3.61. The topological polar surface area (TPSA) is 67.9 Å². The van der Waals surface area contributed by atoms with Gasteiger partial charge in [0, 0.05) is 12.2 Å². The number of anilines is 1. The summed E-state index contributed by atoms with van der Waals surface area (Å²) >= 11 is 0. The van der Waals surface area contributed by atoms with E-state index in [1.165, 1.54) is 12.0 Å². The molecule has 1 aliphatic heterocycles. The minimum Gasteiger partial charge on any atom is -0.493 e. The summed E-state index contributed by atoms with van der Waals surface area (Å²) in [5.74, 6) is 0.422. The van der Waals surface area contributed by atoms with E-state index in [9.17, 15) is 9.59 Å². The number of methoxy groups -OCH3 is 2. The number of hydrogen-bond acceptors (Lipinski definition) is 5. The second-order valence-electron chi connectivity index (χ2n) is 6.58. The van der Waals surface area contributed by atoms with Crippen molar-refractivity contribution in [3.63, 3.8) is 0 Å². The van der Waals surface area contributed by atoms with Crippen molar-refractivity contribution in [3.8, 4) is 11.5 Å². The van der Waals surface area contributed by atoms with Crippen LogP contribution in [0.2, 0.25) is 0 Å². The molecule has 2 amide bonds. The van der Waals surface area contributed by atoms with Crippen LogP contribution in [0.3, 0.4) is 0 Å². The summed E-state index contributed by atoms with van der Waals surface area (Å²) in [6.45, 7) is 4.27. The van der Waals surface area contributed by atoms with Gasteiger partial charge in [0.2, 0.25) is 0 Å². The zero-order valence-corrected chi connectivity index (χ0v) is 16.5. The summed E-state index contributed by atoms with van der Waals surface area (Å²) in [5.41, 5.74) is 3.02. The first-order chi connectivity index (χ1) is 13.5. The summed E-state index contributed by atoms with van der Waals surface area (Å²) in [5, 5.41) is 3.16. The van der Waals surface area contributed by atoms with E-state index in [0.29, 0.717) is 35.6 Å². The van der Waals surface area contributed by atoms with Crippen LogP contribution in [0.25, 0.3) is 5.57 Å². The average molecular weight is 380 g/mol. The number of rotatable bonds is 7. The van der Waals surface area contributed by atoms with Gasteiger partial charge in [0.1, 0.15) is 5.70 Å². The largest absolute Gasteiger partial charge is 0.493 e. The normalized spacial score (nSPS) is 13.9. The molecule has 6 nitrogen and oxygen atoms in total. The second-order valence-corrected chi connectivity index (χ2v) is 6.58. The second kappa shape index (κ2) is 8.17. The lowest BCUT2D eigenvalue weighted by molar-refractivity contribution is -0.136. The van der Waals surface area contributed by atoms with E-state index in [1.807, 2.05) is 38.1 Å². The number of carbonyl (C=O) groups is 2. The SMILES string of the molecule is CCCN1C(=O)C(Nc2cccc(C)c2)=C(c2ccc(OC)c(OC)c2)C1=O. The van der Waals surface area contributed by atoms with Crippen LogP contribution < -0.4 is 14.8 Å². The molecule has 2 aromatic carbocycles. The molecule has 0 unspecified atom stereocenters. The molecule has 0 saturated heterocycles. The first-order valence-electron chi connectivity index (χ1n) is 9.16. The first-order valence-corrected chi connectivity index (χ1v) is 9.16. The van der Waals surface area contributed by atoms with Crippen molar-refractivity contribution in [3.05, 3.63) is 59.3 Å². The van der Waals surface area contributed by atoms with Gasteiger partial charge in [0.15, 0.2) is 11.5 Å². The predicted molar refractivity (Wildman–Crippen MR) is 108 cm³/mol. The highest BCUT2D eigenvalue weighted by atomic mass is 16.5. The fraction of sp³-hybridized carbons (Fsp3) is 0.273. The number of imide groups is 1. The van der Waals surface area contributed by atoms with Crippen LogP contribution in [-0.2, 0) is 9.59 Å². The standard InChI is InChI=1S/C22H24N2O4/c1-5-11-24-21(25)19(15-9-10-17(27-3)18(13-15)28-4)20(22(24)26)23-16-8-6-7-14(2)12-16/h6-10,12-13,23H,5,11H2,1-4H3. The molecule has 0 aromatic heterocycles. The molecule has 146 valence electrons. The number of nitrogens with one attached hydrogen (secondary N) is 1. The number of nitrogens with zero attached hydrogens (tertiary/aromatic N) is 1. The van der Waals surface area contributed by atoms with Crippen LogP contribution >= 0.6 is 0 Å². The highest BCUT2D eigenvalue weighted by Crippen LogP contribution is 2.35. The molecule has 0 bridgehead atoms. The fourth-order valence-electron chi connectivity index (χ4n) is 3.25. The molecule has 0 atom stereocenters. The Hall–Kier alpha value is -3.28. The third kappa shape index (κ3) is 3.58. The molecule has 0 radical (unpaired) electrons. The molecule has 1 N–H and O–H groups in total. The van der Waals surface area contributed by atoms with Crippen molar-refractivity contribution in [2.45, 2.75) is 20.3 Å². The number of aryl methyl sites for hydroxylation is 1. The van der Waals surface area contributed by atoms with E-state index in [2.05, 4.69) is 5.32 Å². The van der Waals surface area contributed by atoms with Crippen LogP contribution in [0.15, 0.2) is 48.2 Å². The van der Waals surface area contributed by atoms with Gasteiger partial charge in [0.25, 0.3) is 11.8 Å². The van der Waals surface area contributed by atoms with Crippen molar-refractivity contribution in [2.24, 2.45) is 0 Å². The van der Waals surface area contributed by atoms with Crippen LogP contribution in [0, 0.1) is 6.92 Å². The fourth-order valence-corrected chi connectivity index (χ4v) is 3.25. The lowest BCUT2D eigenvalue weighted by Gasteiger charge is -2.14. The molecule has 28 heavy (non-hydrogen) atoms. The molecule has 1 aliphatic rings. The number of amides is 2. The molecular weight excluding hydrogens is 356 g/mol. The average Bonchev–Trinajstić information content (AvgIpc) is 2.92. The van der Waals surface area contributed by atoms with Crippen molar-refractivity contribution >= 4 is 23.1 Å². The Balaban J connectivity index is 2.11. The summed E-state index contributed by atoms with van der Waals surface area (Å²) in [6.07, 6.45) is 0.689. The molecule has 0 fully saturated rings. The minimum atomic E-state index is -0.321. The third-order valence-electron chi connectivity index (χ3n) is 4.57. The van der Waals surface area contributed by atoms with Gasteiger partial charge in [-0.1, -0.05) is 25.1 Å². The van der Waals surface area contributed by atoms with Crippen LogP contribution in [0.5, 0.6) is 11.5 Å². The molecule has 0 aliphatic carbocycles. The van der Waals surface area contributed by atoms with E-state index < -0.39 is 0 Å². The Bertz CT molecular complexity index is 949. The quantitative estimate of drug-likeness (QED) is 0.743. The van der Waals surface area contributed by atoms with E-state index in [-0.39, 0.29) is 17.5 Å². The van der Waals surface area contributed by atoms with Crippen molar-refractivity contribution < 1.29 is 19.1 Å². The monoisotopic (exact) mass is 380 g/mol. The molecule has 0 saturated carbocycles. The van der Waals surface area contributed by atoms with Gasteiger partial charge < -0.3 is 14.8 Å². The van der Waals surface area contributed by atoms with E-state index in [1.54, 1.807) is 25.3 Å². The highest BCUT2D eigenvalue weighted by molar-refractivity contribution is 6.36. The van der Waals surface area contributed by atoms with Crippen molar-refractivity contribution in [1.82, 2.24) is 4.90 Å². The maximum atomic E-state index is 13.1. The van der Waals surface area contributed by atoms with Gasteiger partial charge >= 0.3 is 0 Å². The molecule has 3 rings (SSSR count). The number of ether oxygens (including phenoxy) is 2. The Labute approximate surface area is 164 Å². The number of hydrogen-bond donors (Lipinski definition) is 1. The first kappa shape index (κ1) is 19.5. The minimum absolute atomic E-state index is 0.274. The van der Waals surface area contributed by atoms with Gasteiger partial charge in [-0.3, -0.25) is 14.5 Å². The molecule has 2 aromatic rings. The number of carbonyl (C=O) groups excluding carboxylic acids is 2. The summed E-state index contributed by atoms with van der Waals surface area (Å²) < 4.78 is 10.6. The Morgan fingerprint density at radius 2 is 1.71 bits per heavy atom. The van der Waals surface area contributed by atoms with Gasteiger partial charge in [0.05, 0.1) is 19.8 Å². The lowest BCUT2D eigenvalue weighted by Crippen LogP contribution is -2.33. The van der Waals surface area contributed by atoms with E-state index in [4.69, 9.17) is 9.47 Å². The third-order valence-corrected chi connectivity index (χ3v) is 4.57. The van der Waals surface area contributed by atoms with Gasteiger partial charge in [-0.05, 0) is 48.7 Å². The zero-order chi connectivity index (χ0) is 20.3. The summed E-state index contributed by atoms with van der Waals surface area (Å²) in [4.78, 5) is 27.3. The zero-order valence-electron chi connectivity index (χ0n) is 16.5. The summed E-state index contributed by atoms with van der Waals surface area (Å²) in [7, 11) is 3.08. The number of benzene rings is 2. The van der Waals surface area contributed by atoms with Gasteiger partial charge in [-0.25, -0.2) is 0 Å². The summed E-state index contributed by atoms with van der Waals surface area (Å²) in [6, 6.07) is 12.9. The van der Waals surface area contributed by atoms with Gasteiger partial charge in [-0.15, -0.1) is 0 Å². The molecule has 1 heterocycles. The molecular formula is C22H24N2O4. The smallest absolute Gasteiger partial charge is 0.278 e. The Morgan fingerprint density at radius 1 is 0.964 bits per heavy atom. The van der Waals surface area contributed by atoms with Crippen LogP contribution in [0.1, 0.15) is 24.5 Å². The molecule has 0 spiro atoms. The Morgan fingerprint density at radius 3 is 2.36 bits per heavy atom. The maximum absolute atomic E-state index is 13.1. The van der Waals surface area contributed by atoms with Crippen molar-refractivity contribution in [1.29, 1.82) is 0 Å². The lowest BCUT2D eigenvalue weighted by atomic mass is 10.0. The molecule has 6 heteroatoms. The van der Waals surface area contributed by atoms with Crippen LogP contribution in [0.4, 0.5) is 5.69 Å². The maximum Gasteiger partial charge on any atom is 0.278 e.